The number of benzene rings is 1. The normalized spacial score (nSPS) is 11.9. The summed E-state index contributed by atoms with van der Waals surface area (Å²) >= 11 is 0. The average molecular weight is 237 g/mol. The third-order valence-corrected chi connectivity index (χ3v) is 2.41. The molecular weight excluding hydrogens is 218 g/mol. The van der Waals surface area contributed by atoms with Gasteiger partial charge in [0, 0.05) is 13.0 Å². The van der Waals surface area contributed by atoms with E-state index < -0.39 is 6.10 Å². The number of nitrogens with one attached hydrogen (secondary N) is 1. The third-order valence-electron chi connectivity index (χ3n) is 2.41. The van der Waals surface area contributed by atoms with Crippen LogP contribution in [0.2, 0.25) is 0 Å². The molecule has 0 aliphatic carbocycles. The number of rotatable bonds is 6. The molecule has 0 unspecified atom stereocenters. The summed E-state index contributed by atoms with van der Waals surface area (Å²) in [6.07, 6.45) is 0.521. The highest BCUT2D eigenvalue weighted by molar-refractivity contribution is 5.76. The Labute approximate surface area is 102 Å². The van der Waals surface area contributed by atoms with E-state index in [1.54, 1.807) is 14.0 Å². The standard InChI is InChI=1S/C13H19NO3/c1-10(15)9-14-13(16)8-7-11-5-3-4-6-12(11)17-2/h3-6,10,15H,7-9H2,1-2H3,(H,14,16)/t10-/m0/s1. The number of carbonyl (C=O) groups excluding carboxylic acids is 1. The minimum atomic E-state index is -0.509. The zero-order valence-electron chi connectivity index (χ0n) is 10.3. The summed E-state index contributed by atoms with van der Waals surface area (Å²) in [5.41, 5.74) is 1.02. The van der Waals surface area contributed by atoms with Crippen LogP contribution < -0.4 is 10.1 Å². The van der Waals surface area contributed by atoms with E-state index in [-0.39, 0.29) is 5.91 Å². The van der Waals surface area contributed by atoms with Gasteiger partial charge in [0.1, 0.15) is 5.75 Å². The largest absolute Gasteiger partial charge is 0.496 e. The van der Waals surface area contributed by atoms with E-state index in [4.69, 9.17) is 9.84 Å². The third kappa shape index (κ3) is 4.87. The number of aryl methyl sites for hydroxylation is 1. The molecule has 17 heavy (non-hydrogen) atoms. The van der Waals surface area contributed by atoms with Gasteiger partial charge in [-0.15, -0.1) is 0 Å². The molecule has 1 rings (SSSR count). The van der Waals surface area contributed by atoms with E-state index >= 15 is 0 Å². The number of para-hydroxylation sites is 1. The minimum Gasteiger partial charge on any atom is -0.496 e. The number of methoxy groups -OCH3 is 1. The summed E-state index contributed by atoms with van der Waals surface area (Å²) in [4.78, 5) is 11.5. The van der Waals surface area contributed by atoms with E-state index in [1.165, 1.54) is 0 Å². The molecule has 0 spiro atoms. The Balaban J connectivity index is 2.42. The maximum Gasteiger partial charge on any atom is 0.220 e. The van der Waals surface area contributed by atoms with Crippen LogP contribution >= 0.6 is 0 Å². The first kappa shape index (κ1) is 13.5. The van der Waals surface area contributed by atoms with Gasteiger partial charge in [0.05, 0.1) is 13.2 Å². The van der Waals surface area contributed by atoms with Crippen molar-refractivity contribution >= 4 is 5.91 Å². The lowest BCUT2D eigenvalue weighted by Crippen LogP contribution is -2.30. The summed E-state index contributed by atoms with van der Waals surface area (Å²) in [5.74, 6) is 0.743. The topological polar surface area (TPSA) is 58.6 Å². The lowest BCUT2D eigenvalue weighted by atomic mass is 10.1. The van der Waals surface area contributed by atoms with Crippen molar-refractivity contribution in [1.29, 1.82) is 0 Å². The number of carbonyl (C=O) groups is 1. The van der Waals surface area contributed by atoms with Crippen molar-refractivity contribution in [3.63, 3.8) is 0 Å². The van der Waals surface area contributed by atoms with Crippen LogP contribution in [0.3, 0.4) is 0 Å². The Morgan fingerprint density at radius 1 is 1.47 bits per heavy atom. The number of hydrogen-bond donors (Lipinski definition) is 2. The van der Waals surface area contributed by atoms with E-state index in [1.807, 2.05) is 24.3 Å². The predicted molar refractivity (Wildman–Crippen MR) is 66.0 cm³/mol. The van der Waals surface area contributed by atoms with Crippen LogP contribution in [0.1, 0.15) is 18.9 Å². The molecule has 4 heteroatoms. The highest BCUT2D eigenvalue weighted by Gasteiger charge is 2.06. The molecule has 1 aromatic carbocycles. The van der Waals surface area contributed by atoms with Crippen molar-refractivity contribution in [1.82, 2.24) is 5.32 Å². The highest BCUT2D eigenvalue weighted by atomic mass is 16.5. The van der Waals surface area contributed by atoms with Crippen molar-refractivity contribution in [2.45, 2.75) is 25.9 Å². The fourth-order valence-corrected chi connectivity index (χ4v) is 1.51. The molecule has 0 saturated carbocycles. The number of aliphatic hydroxyl groups is 1. The summed E-state index contributed by atoms with van der Waals surface area (Å²) in [6.45, 7) is 1.94. The molecule has 4 nitrogen and oxygen atoms in total. The lowest BCUT2D eigenvalue weighted by molar-refractivity contribution is -0.121. The Hall–Kier alpha value is -1.55. The van der Waals surface area contributed by atoms with E-state index in [0.717, 1.165) is 11.3 Å². The number of aliphatic hydroxyl groups excluding tert-OH is 1. The van der Waals surface area contributed by atoms with Crippen LogP contribution in [0.25, 0.3) is 0 Å². The maximum absolute atomic E-state index is 11.5. The van der Waals surface area contributed by atoms with Crippen LogP contribution in [-0.2, 0) is 11.2 Å². The smallest absolute Gasteiger partial charge is 0.220 e. The first-order valence-electron chi connectivity index (χ1n) is 5.70. The van der Waals surface area contributed by atoms with Crippen LogP contribution in [0.4, 0.5) is 0 Å². The van der Waals surface area contributed by atoms with Gasteiger partial charge in [-0.25, -0.2) is 0 Å². The molecule has 0 saturated heterocycles. The Morgan fingerprint density at radius 2 is 2.18 bits per heavy atom. The van der Waals surface area contributed by atoms with E-state index in [0.29, 0.717) is 19.4 Å². The Morgan fingerprint density at radius 3 is 2.82 bits per heavy atom. The van der Waals surface area contributed by atoms with Crippen molar-refractivity contribution in [2.24, 2.45) is 0 Å². The van der Waals surface area contributed by atoms with Gasteiger partial charge in [0.25, 0.3) is 0 Å². The summed E-state index contributed by atoms with van der Waals surface area (Å²) < 4.78 is 5.20. The van der Waals surface area contributed by atoms with Crippen molar-refractivity contribution in [3.8, 4) is 5.75 Å². The van der Waals surface area contributed by atoms with Crippen molar-refractivity contribution in [2.75, 3.05) is 13.7 Å². The molecule has 94 valence electrons. The Kier molecular flexibility index (Phi) is 5.49. The minimum absolute atomic E-state index is 0.0585. The van der Waals surface area contributed by atoms with Gasteiger partial charge >= 0.3 is 0 Å². The number of amides is 1. The molecular formula is C13H19NO3. The predicted octanol–water partition coefficient (Wildman–Crippen LogP) is 1.12. The molecule has 0 fully saturated rings. The van der Waals surface area contributed by atoms with Crippen LogP contribution in [0, 0.1) is 0 Å². The molecule has 1 aromatic rings. The molecule has 0 aromatic heterocycles. The van der Waals surface area contributed by atoms with Crippen LogP contribution in [0.15, 0.2) is 24.3 Å². The molecule has 1 atom stereocenters. The average Bonchev–Trinajstić information content (AvgIpc) is 2.34. The second kappa shape index (κ2) is 6.91. The van der Waals surface area contributed by atoms with Gasteiger partial charge < -0.3 is 15.2 Å². The molecule has 2 N–H and O–H groups in total. The molecule has 0 radical (unpaired) electrons. The lowest BCUT2D eigenvalue weighted by Gasteiger charge is -2.09. The van der Waals surface area contributed by atoms with E-state index in [2.05, 4.69) is 5.32 Å². The zero-order valence-corrected chi connectivity index (χ0v) is 10.3. The Bertz CT molecular complexity index is 363. The summed E-state index contributed by atoms with van der Waals surface area (Å²) in [5, 5.41) is 11.7. The molecule has 1 amide bonds. The molecule has 0 aliphatic heterocycles. The molecule has 0 aliphatic rings. The fraction of sp³-hybridized carbons (Fsp3) is 0.462. The first-order chi connectivity index (χ1) is 8.13. The van der Waals surface area contributed by atoms with Gasteiger partial charge in [0.2, 0.25) is 5.91 Å². The monoisotopic (exact) mass is 237 g/mol. The highest BCUT2D eigenvalue weighted by Crippen LogP contribution is 2.18. The number of hydrogen-bond acceptors (Lipinski definition) is 3. The SMILES string of the molecule is COc1ccccc1CCC(=O)NC[C@H](C)O. The van der Waals surface area contributed by atoms with Gasteiger partial charge in [-0.3, -0.25) is 4.79 Å². The second-order valence-electron chi connectivity index (χ2n) is 3.96. The van der Waals surface area contributed by atoms with E-state index in [9.17, 15) is 4.79 Å². The zero-order chi connectivity index (χ0) is 12.7. The van der Waals surface area contributed by atoms with Gasteiger partial charge in [-0.1, -0.05) is 18.2 Å². The van der Waals surface area contributed by atoms with Crippen LogP contribution in [-0.4, -0.2) is 30.8 Å². The van der Waals surface area contributed by atoms with Crippen LogP contribution in [0.5, 0.6) is 5.75 Å². The molecule has 0 bridgehead atoms. The molecule has 0 heterocycles. The first-order valence-corrected chi connectivity index (χ1v) is 5.70. The fourth-order valence-electron chi connectivity index (χ4n) is 1.51. The number of ether oxygens (including phenoxy) is 1. The second-order valence-corrected chi connectivity index (χ2v) is 3.96. The maximum atomic E-state index is 11.5. The summed E-state index contributed by atoms with van der Waals surface area (Å²) in [6, 6.07) is 7.64. The van der Waals surface area contributed by atoms with Crippen molar-refractivity contribution < 1.29 is 14.6 Å². The van der Waals surface area contributed by atoms with Gasteiger partial charge in [-0.05, 0) is 25.0 Å². The summed E-state index contributed by atoms with van der Waals surface area (Å²) in [7, 11) is 1.62. The van der Waals surface area contributed by atoms with Crippen molar-refractivity contribution in [3.05, 3.63) is 29.8 Å². The quantitative estimate of drug-likeness (QED) is 0.779. The van der Waals surface area contributed by atoms with Gasteiger partial charge in [0.15, 0.2) is 0 Å². The van der Waals surface area contributed by atoms with Gasteiger partial charge in [-0.2, -0.15) is 0 Å².